The zero-order valence-corrected chi connectivity index (χ0v) is 21.7. The molecule has 0 bridgehead atoms. The SMILES string of the molecule is CN1CCN(Cc2ccc(NC(=O)Nc3ccc(Oc4ccnc5[nH]cc(Cl)c45)cc3F)cc2C(F)F)CC1. The lowest BCUT2D eigenvalue weighted by Gasteiger charge is -2.32. The van der Waals surface area contributed by atoms with Gasteiger partial charge < -0.3 is 25.3 Å². The van der Waals surface area contributed by atoms with Gasteiger partial charge in [-0.15, -0.1) is 0 Å². The molecule has 2 amide bonds. The molecule has 0 radical (unpaired) electrons. The number of urea groups is 1. The number of nitrogens with zero attached hydrogens (tertiary/aromatic N) is 3. The minimum Gasteiger partial charge on any atom is -0.456 e. The summed E-state index contributed by atoms with van der Waals surface area (Å²) in [5.41, 5.74) is 0.951. The smallest absolute Gasteiger partial charge is 0.323 e. The number of nitrogens with one attached hydrogen (secondary N) is 3. The fourth-order valence-electron chi connectivity index (χ4n) is 4.41. The molecule has 1 saturated heterocycles. The number of anilines is 2. The highest BCUT2D eigenvalue weighted by molar-refractivity contribution is 6.36. The minimum atomic E-state index is -2.70. The van der Waals surface area contributed by atoms with E-state index in [4.69, 9.17) is 16.3 Å². The van der Waals surface area contributed by atoms with E-state index in [-0.39, 0.29) is 22.7 Å². The van der Waals surface area contributed by atoms with E-state index >= 15 is 0 Å². The van der Waals surface area contributed by atoms with E-state index in [1.807, 2.05) is 7.05 Å². The van der Waals surface area contributed by atoms with Gasteiger partial charge in [-0.1, -0.05) is 17.7 Å². The van der Waals surface area contributed by atoms with Crippen LogP contribution in [0, 0.1) is 5.82 Å². The fraction of sp³-hybridized carbons (Fsp3) is 0.259. The Hall–Kier alpha value is -3.80. The first-order chi connectivity index (χ1) is 18.8. The van der Waals surface area contributed by atoms with Crippen LogP contribution in [0.5, 0.6) is 11.5 Å². The number of likely N-dealkylation sites (N-methyl/N-ethyl adjacent to an activating group) is 1. The molecular formula is C27H26ClF3N6O2. The van der Waals surface area contributed by atoms with Crippen LogP contribution in [0.25, 0.3) is 11.0 Å². The van der Waals surface area contributed by atoms with Crippen LogP contribution >= 0.6 is 11.6 Å². The van der Waals surface area contributed by atoms with Crippen LogP contribution in [0.4, 0.5) is 29.3 Å². The van der Waals surface area contributed by atoms with Crippen molar-refractivity contribution in [3.05, 3.63) is 76.8 Å². The second-order valence-electron chi connectivity index (χ2n) is 9.29. The molecule has 0 aliphatic carbocycles. The van der Waals surface area contributed by atoms with Gasteiger partial charge in [-0.2, -0.15) is 0 Å². The monoisotopic (exact) mass is 558 g/mol. The van der Waals surface area contributed by atoms with Crippen LogP contribution in [-0.4, -0.2) is 59.0 Å². The number of hydrogen-bond donors (Lipinski definition) is 3. The van der Waals surface area contributed by atoms with E-state index in [1.165, 1.54) is 24.4 Å². The first kappa shape index (κ1) is 26.8. The Bertz CT molecular complexity index is 1490. The summed E-state index contributed by atoms with van der Waals surface area (Å²) in [4.78, 5) is 23.9. The van der Waals surface area contributed by atoms with Crippen LogP contribution in [0.3, 0.4) is 0 Å². The third-order valence-corrected chi connectivity index (χ3v) is 6.83. The molecule has 4 aromatic rings. The van der Waals surface area contributed by atoms with Crippen molar-refractivity contribution in [2.75, 3.05) is 43.9 Å². The van der Waals surface area contributed by atoms with Gasteiger partial charge in [-0.3, -0.25) is 4.90 Å². The highest BCUT2D eigenvalue weighted by Gasteiger charge is 2.20. The number of amides is 2. The van der Waals surface area contributed by atoms with Crippen molar-refractivity contribution in [3.8, 4) is 11.5 Å². The number of ether oxygens (including phenoxy) is 1. The van der Waals surface area contributed by atoms with Crippen LogP contribution in [-0.2, 0) is 6.54 Å². The summed E-state index contributed by atoms with van der Waals surface area (Å²) in [7, 11) is 2.03. The van der Waals surface area contributed by atoms with Gasteiger partial charge in [0.25, 0.3) is 6.43 Å². The van der Waals surface area contributed by atoms with Crippen molar-refractivity contribution in [1.82, 2.24) is 19.8 Å². The van der Waals surface area contributed by atoms with Gasteiger partial charge in [-0.25, -0.2) is 22.9 Å². The quantitative estimate of drug-likeness (QED) is 0.242. The number of piperazine rings is 1. The third-order valence-electron chi connectivity index (χ3n) is 6.53. The van der Waals surface area contributed by atoms with E-state index in [0.717, 1.165) is 32.2 Å². The summed E-state index contributed by atoms with van der Waals surface area (Å²) in [5, 5.41) is 5.86. The summed E-state index contributed by atoms with van der Waals surface area (Å²) in [6.45, 7) is 3.75. The summed E-state index contributed by atoms with van der Waals surface area (Å²) in [6.07, 6.45) is 0.397. The molecule has 0 saturated carbocycles. The molecule has 0 unspecified atom stereocenters. The molecule has 12 heteroatoms. The minimum absolute atomic E-state index is 0.111. The highest BCUT2D eigenvalue weighted by atomic mass is 35.5. The van der Waals surface area contributed by atoms with Crippen molar-refractivity contribution in [3.63, 3.8) is 0 Å². The maximum atomic E-state index is 14.8. The number of benzene rings is 2. The topological polar surface area (TPSA) is 85.5 Å². The lowest BCUT2D eigenvalue weighted by Crippen LogP contribution is -2.44. The number of alkyl halides is 2. The van der Waals surface area contributed by atoms with E-state index in [1.54, 1.807) is 24.4 Å². The molecule has 2 aromatic carbocycles. The second kappa shape index (κ2) is 11.5. The van der Waals surface area contributed by atoms with Crippen LogP contribution in [0.15, 0.2) is 54.9 Å². The molecule has 5 rings (SSSR count). The molecule has 1 aliphatic heterocycles. The highest BCUT2D eigenvalue weighted by Crippen LogP contribution is 2.34. The number of halogens is 4. The normalized spacial score (nSPS) is 14.6. The second-order valence-corrected chi connectivity index (χ2v) is 9.69. The largest absolute Gasteiger partial charge is 0.456 e. The Labute approximate surface area is 227 Å². The lowest BCUT2D eigenvalue weighted by molar-refractivity contribution is 0.136. The fourth-order valence-corrected chi connectivity index (χ4v) is 4.65. The number of rotatable bonds is 7. The van der Waals surface area contributed by atoms with Gasteiger partial charge in [0.2, 0.25) is 0 Å². The van der Waals surface area contributed by atoms with Gasteiger partial charge >= 0.3 is 6.03 Å². The molecule has 1 fully saturated rings. The van der Waals surface area contributed by atoms with Crippen LogP contribution in [0.2, 0.25) is 5.02 Å². The lowest BCUT2D eigenvalue weighted by atomic mass is 10.1. The van der Waals surface area contributed by atoms with E-state index in [2.05, 4.69) is 30.4 Å². The molecule has 8 nitrogen and oxygen atoms in total. The molecule has 39 heavy (non-hydrogen) atoms. The summed E-state index contributed by atoms with van der Waals surface area (Å²) in [6, 6.07) is 9.17. The number of carbonyl (C=O) groups excluding carboxylic acids is 1. The Morgan fingerprint density at radius 3 is 2.67 bits per heavy atom. The van der Waals surface area contributed by atoms with E-state index in [9.17, 15) is 18.0 Å². The third kappa shape index (κ3) is 6.27. The van der Waals surface area contributed by atoms with Crippen molar-refractivity contribution < 1.29 is 22.7 Å². The standard InChI is InChI=1S/C27H26ClF3N6O2/c1-36-8-10-37(11-9-36)15-16-2-3-17(12-19(16)25(30)31)34-27(38)35-22-5-4-18(13-21(22)29)39-23-6-7-32-26-24(23)20(28)14-33-26/h2-7,12-14,25H,8-11,15H2,1H3,(H,32,33)(H2,34,35,38). The number of pyridine rings is 1. The maximum Gasteiger partial charge on any atom is 0.323 e. The van der Waals surface area contributed by atoms with Gasteiger partial charge in [0.15, 0.2) is 0 Å². The predicted molar refractivity (Wildman–Crippen MR) is 144 cm³/mol. The van der Waals surface area contributed by atoms with Crippen LogP contribution in [0.1, 0.15) is 17.6 Å². The first-order valence-corrected chi connectivity index (χ1v) is 12.6. The zero-order chi connectivity index (χ0) is 27.5. The van der Waals surface area contributed by atoms with Crippen LogP contribution < -0.4 is 15.4 Å². The van der Waals surface area contributed by atoms with E-state index < -0.39 is 18.3 Å². The predicted octanol–water partition coefficient (Wildman–Crippen LogP) is 6.48. The summed E-state index contributed by atoms with van der Waals surface area (Å²) >= 11 is 6.18. The molecule has 0 atom stereocenters. The molecular weight excluding hydrogens is 533 g/mol. The van der Waals surface area contributed by atoms with E-state index in [0.29, 0.717) is 33.9 Å². The molecule has 0 spiro atoms. The maximum absolute atomic E-state index is 14.8. The Balaban J connectivity index is 1.24. The summed E-state index contributed by atoms with van der Waals surface area (Å²) < 4.78 is 48.2. The Morgan fingerprint density at radius 2 is 1.92 bits per heavy atom. The molecule has 1 aliphatic rings. The van der Waals surface area contributed by atoms with Crippen molar-refractivity contribution >= 4 is 40.0 Å². The number of aromatic amines is 1. The van der Waals surface area contributed by atoms with Gasteiger partial charge in [-0.05, 0) is 42.9 Å². The average molecular weight is 559 g/mol. The van der Waals surface area contributed by atoms with Gasteiger partial charge in [0, 0.05) is 62.4 Å². The number of fused-ring (bicyclic) bond motifs is 1. The molecule has 2 aromatic heterocycles. The van der Waals surface area contributed by atoms with Crippen molar-refractivity contribution in [2.45, 2.75) is 13.0 Å². The zero-order valence-electron chi connectivity index (χ0n) is 21.0. The molecule has 3 N–H and O–H groups in total. The Morgan fingerprint density at radius 1 is 1.13 bits per heavy atom. The number of aromatic nitrogens is 2. The number of hydrogen-bond acceptors (Lipinski definition) is 5. The average Bonchev–Trinajstić information content (AvgIpc) is 3.29. The molecule has 3 heterocycles. The number of carbonyl (C=O) groups is 1. The number of H-pyrrole nitrogens is 1. The van der Waals surface area contributed by atoms with Gasteiger partial charge in [0.05, 0.1) is 16.1 Å². The Kier molecular flexibility index (Phi) is 7.92. The van der Waals surface area contributed by atoms with Gasteiger partial charge in [0.1, 0.15) is 23.0 Å². The molecule has 204 valence electrons. The van der Waals surface area contributed by atoms with Crippen molar-refractivity contribution in [1.29, 1.82) is 0 Å². The summed E-state index contributed by atoms with van der Waals surface area (Å²) in [5.74, 6) is -0.181. The van der Waals surface area contributed by atoms with Crippen molar-refractivity contribution in [2.24, 2.45) is 0 Å². The first-order valence-electron chi connectivity index (χ1n) is 12.3.